The number of nitrogens with zero attached hydrogens (tertiary/aromatic N) is 1. The van der Waals surface area contributed by atoms with Gasteiger partial charge in [0.2, 0.25) is 0 Å². The van der Waals surface area contributed by atoms with Crippen molar-refractivity contribution >= 4 is 5.96 Å². The molecule has 29 heavy (non-hydrogen) atoms. The molecule has 0 aromatic heterocycles. The molecule has 6 heteroatoms. The SMILES string of the molecule is CCNC(=NCC1(CCOCC)CC1)NC(C)c1ccc(OCC2CC2)c(F)c1. The number of nitrogens with one attached hydrogen (secondary N) is 2. The summed E-state index contributed by atoms with van der Waals surface area (Å²) in [6.45, 7) is 9.87. The summed E-state index contributed by atoms with van der Waals surface area (Å²) < 4.78 is 25.5. The second-order valence-corrected chi connectivity index (χ2v) is 8.45. The summed E-state index contributed by atoms with van der Waals surface area (Å²) in [5.74, 6) is 1.43. The highest BCUT2D eigenvalue weighted by atomic mass is 19.1. The maximum atomic E-state index is 14.4. The molecule has 2 N–H and O–H groups in total. The molecule has 0 bridgehead atoms. The van der Waals surface area contributed by atoms with E-state index in [-0.39, 0.29) is 11.9 Å². The van der Waals surface area contributed by atoms with Gasteiger partial charge in [-0.2, -0.15) is 0 Å². The van der Waals surface area contributed by atoms with Crippen LogP contribution in [0.2, 0.25) is 0 Å². The van der Waals surface area contributed by atoms with Crippen LogP contribution in [0, 0.1) is 17.2 Å². The van der Waals surface area contributed by atoms with E-state index in [2.05, 4.69) is 17.6 Å². The Morgan fingerprint density at radius 3 is 2.72 bits per heavy atom. The Kier molecular flexibility index (Phi) is 7.76. The lowest BCUT2D eigenvalue weighted by molar-refractivity contribution is 0.129. The maximum absolute atomic E-state index is 14.4. The third-order valence-corrected chi connectivity index (χ3v) is 5.84. The standard InChI is InChI=1S/C23H36FN3O2/c1-4-25-22(26-16-23(10-11-23)12-13-28-5-2)27-17(3)19-8-9-21(20(24)14-19)29-15-18-6-7-18/h8-9,14,17-18H,4-7,10-13,15-16H2,1-3H3,(H2,25,26,27). The van der Waals surface area contributed by atoms with Crippen molar-refractivity contribution in [2.24, 2.45) is 16.3 Å². The fourth-order valence-electron chi connectivity index (χ4n) is 3.35. The second kappa shape index (κ2) is 10.3. The summed E-state index contributed by atoms with van der Waals surface area (Å²) >= 11 is 0. The van der Waals surface area contributed by atoms with Crippen LogP contribution in [0.4, 0.5) is 4.39 Å². The predicted molar refractivity (Wildman–Crippen MR) is 115 cm³/mol. The summed E-state index contributed by atoms with van der Waals surface area (Å²) in [4.78, 5) is 4.81. The summed E-state index contributed by atoms with van der Waals surface area (Å²) in [6, 6.07) is 5.17. The highest BCUT2D eigenvalue weighted by molar-refractivity contribution is 5.80. The molecule has 1 aromatic carbocycles. The molecule has 2 saturated carbocycles. The van der Waals surface area contributed by atoms with Crippen molar-refractivity contribution in [3.63, 3.8) is 0 Å². The van der Waals surface area contributed by atoms with Crippen molar-refractivity contribution in [2.75, 3.05) is 32.9 Å². The Morgan fingerprint density at radius 2 is 2.10 bits per heavy atom. The molecule has 2 aliphatic rings. The first-order valence-corrected chi connectivity index (χ1v) is 11.1. The number of hydrogen-bond donors (Lipinski definition) is 2. The van der Waals surface area contributed by atoms with E-state index in [1.165, 1.54) is 25.7 Å². The van der Waals surface area contributed by atoms with Gasteiger partial charge in [-0.3, -0.25) is 4.99 Å². The smallest absolute Gasteiger partial charge is 0.191 e. The van der Waals surface area contributed by atoms with Crippen molar-refractivity contribution < 1.29 is 13.9 Å². The van der Waals surface area contributed by atoms with Gasteiger partial charge in [0.05, 0.1) is 12.6 Å². The second-order valence-electron chi connectivity index (χ2n) is 8.45. The molecule has 1 unspecified atom stereocenters. The molecule has 5 nitrogen and oxygen atoms in total. The van der Waals surface area contributed by atoms with Gasteiger partial charge < -0.3 is 20.1 Å². The van der Waals surface area contributed by atoms with Gasteiger partial charge in [0.25, 0.3) is 0 Å². The average Bonchev–Trinajstić information content (AvgIpc) is 3.62. The minimum absolute atomic E-state index is 0.0571. The fraction of sp³-hybridized carbons (Fsp3) is 0.696. The monoisotopic (exact) mass is 405 g/mol. The molecule has 0 saturated heterocycles. The highest BCUT2D eigenvalue weighted by Gasteiger charge is 2.41. The van der Waals surface area contributed by atoms with Gasteiger partial charge in [-0.25, -0.2) is 4.39 Å². The van der Waals surface area contributed by atoms with Gasteiger partial charge in [0.15, 0.2) is 17.5 Å². The zero-order chi connectivity index (χ0) is 20.7. The van der Waals surface area contributed by atoms with Gasteiger partial charge in [-0.1, -0.05) is 6.07 Å². The number of benzene rings is 1. The minimum Gasteiger partial charge on any atom is -0.490 e. The van der Waals surface area contributed by atoms with Crippen molar-refractivity contribution in [1.82, 2.24) is 10.6 Å². The normalized spacial score (nSPS) is 19.0. The van der Waals surface area contributed by atoms with Crippen LogP contribution in [0.5, 0.6) is 5.75 Å². The molecule has 1 aromatic rings. The third kappa shape index (κ3) is 6.88. The summed E-state index contributed by atoms with van der Waals surface area (Å²) in [6.07, 6.45) is 5.88. The van der Waals surface area contributed by atoms with Gasteiger partial charge >= 0.3 is 0 Å². The number of hydrogen-bond acceptors (Lipinski definition) is 3. The van der Waals surface area contributed by atoms with Crippen molar-refractivity contribution in [2.45, 2.75) is 58.9 Å². The van der Waals surface area contributed by atoms with Crippen LogP contribution in [0.1, 0.15) is 64.5 Å². The Balaban J connectivity index is 1.55. The predicted octanol–water partition coefficient (Wildman–Crippen LogP) is 4.44. The number of rotatable bonds is 12. The van der Waals surface area contributed by atoms with Crippen LogP contribution in [-0.4, -0.2) is 38.9 Å². The van der Waals surface area contributed by atoms with Crippen LogP contribution in [0.15, 0.2) is 23.2 Å². The third-order valence-electron chi connectivity index (χ3n) is 5.84. The molecule has 2 aliphatic carbocycles. The summed E-state index contributed by atoms with van der Waals surface area (Å²) in [7, 11) is 0. The molecule has 0 spiro atoms. The topological polar surface area (TPSA) is 54.9 Å². The molecule has 0 heterocycles. The quantitative estimate of drug-likeness (QED) is 0.307. The lowest BCUT2D eigenvalue weighted by Crippen LogP contribution is -2.39. The molecule has 1 atom stereocenters. The molecular weight excluding hydrogens is 369 g/mol. The Labute approximate surface area is 174 Å². The van der Waals surface area contributed by atoms with Gasteiger partial charge in [-0.15, -0.1) is 0 Å². The zero-order valence-electron chi connectivity index (χ0n) is 18.1. The van der Waals surface area contributed by atoms with Crippen LogP contribution in [0.3, 0.4) is 0 Å². The molecule has 2 fully saturated rings. The minimum atomic E-state index is -0.299. The first-order chi connectivity index (χ1) is 14.0. The fourth-order valence-corrected chi connectivity index (χ4v) is 3.35. The van der Waals surface area contributed by atoms with Gasteiger partial charge in [-0.05, 0) is 81.9 Å². The maximum Gasteiger partial charge on any atom is 0.191 e. The van der Waals surface area contributed by atoms with E-state index in [0.717, 1.165) is 44.2 Å². The summed E-state index contributed by atoms with van der Waals surface area (Å²) in [5.41, 5.74) is 1.18. The Bertz CT molecular complexity index is 687. The number of ether oxygens (including phenoxy) is 2. The van der Waals surface area contributed by atoms with E-state index in [9.17, 15) is 4.39 Å². The van der Waals surface area contributed by atoms with E-state index < -0.39 is 0 Å². The van der Waals surface area contributed by atoms with E-state index in [0.29, 0.717) is 23.7 Å². The Morgan fingerprint density at radius 1 is 1.31 bits per heavy atom. The van der Waals surface area contributed by atoms with E-state index in [4.69, 9.17) is 14.5 Å². The number of guanidine groups is 1. The van der Waals surface area contributed by atoms with Crippen LogP contribution >= 0.6 is 0 Å². The molecule has 3 rings (SSSR count). The highest BCUT2D eigenvalue weighted by Crippen LogP contribution is 2.49. The molecule has 0 aliphatic heterocycles. The molecule has 162 valence electrons. The Hall–Kier alpha value is -1.82. The lowest BCUT2D eigenvalue weighted by atomic mass is 10.0. The van der Waals surface area contributed by atoms with Crippen LogP contribution in [-0.2, 0) is 4.74 Å². The lowest BCUT2D eigenvalue weighted by Gasteiger charge is -2.20. The van der Waals surface area contributed by atoms with Crippen molar-refractivity contribution in [3.05, 3.63) is 29.6 Å². The van der Waals surface area contributed by atoms with Crippen LogP contribution in [0.25, 0.3) is 0 Å². The zero-order valence-corrected chi connectivity index (χ0v) is 18.1. The number of halogens is 1. The van der Waals surface area contributed by atoms with E-state index in [1.807, 2.05) is 19.9 Å². The average molecular weight is 406 g/mol. The summed E-state index contributed by atoms with van der Waals surface area (Å²) in [5, 5.41) is 6.71. The molecule has 0 radical (unpaired) electrons. The van der Waals surface area contributed by atoms with Crippen LogP contribution < -0.4 is 15.4 Å². The largest absolute Gasteiger partial charge is 0.490 e. The first-order valence-electron chi connectivity index (χ1n) is 11.1. The van der Waals surface area contributed by atoms with Crippen molar-refractivity contribution in [3.8, 4) is 5.75 Å². The van der Waals surface area contributed by atoms with E-state index in [1.54, 1.807) is 12.1 Å². The number of aliphatic imine (C=N–C) groups is 1. The van der Waals surface area contributed by atoms with Gasteiger partial charge in [0, 0.05) is 26.3 Å². The van der Waals surface area contributed by atoms with Gasteiger partial charge in [0.1, 0.15) is 0 Å². The van der Waals surface area contributed by atoms with Crippen molar-refractivity contribution in [1.29, 1.82) is 0 Å². The molecule has 0 amide bonds. The molecular formula is C23H36FN3O2. The van der Waals surface area contributed by atoms with E-state index >= 15 is 0 Å². The first kappa shape index (κ1) is 21.9.